The number of ether oxygens (including phenoxy) is 1. The van der Waals surface area contributed by atoms with Crippen LogP contribution in [0.4, 0.5) is 23.4 Å². The highest BCUT2D eigenvalue weighted by Crippen LogP contribution is 2.41. The molecule has 0 radical (unpaired) electrons. The Balaban J connectivity index is 1.57. The third kappa shape index (κ3) is 4.49. The summed E-state index contributed by atoms with van der Waals surface area (Å²) in [5.74, 6) is -0.487. The van der Waals surface area contributed by atoms with Crippen molar-refractivity contribution in [3.8, 4) is 22.7 Å². The second kappa shape index (κ2) is 10.2. The van der Waals surface area contributed by atoms with Crippen molar-refractivity contribution in [3.63, 3.8) is 0 Å². The molecule has 5 aromatic rings. The SMILES string of the molecule is CCc1cccc(CC)c1-n1nc2c(c1-c1ccc(OC)c3[nH]ncc13)CN(c1ncc(C(F)(F)F)cc1F)CC2. The highest BCUT2D eigenvalue weighted by molar-refractivity contribution is 5.98. The van der Waals surface area contributed by atoms with Crippen molar-refractivity contribution in [3.05, 3.63) is 82.6 Å². The monoisotopic (exact) mass is 564 g/mol. The summed E-state index contributed by atoms with van der Waals surface area (Å²) >= 11 is 0. The number of anilines is 1. The van der Waals surface area contributed by atoms with Crippen LogP contribution in [0.5, 0.6) is 5.75 Å². The van der Waals surface area contributed by atoms with E-state index in [0.29, 0.717) is 31.0 Å². The molecule has 0 amide bonds. The molecular weight excluding hydrogens is 536 g/mol. The predicted octanol–water partition coefficient (Wildman–Crippen LogP) is 6.66. The van der Waals surface area contributed by atoms with Crippen molar-refractivity contribution in [1.82, 2.24) is 25.0 Å². The summed E-state index contributed by atoms with van der Waals surface area (Å²) in [6.07, 6.45) is -0.197. The molecule has 4 heterocycles. The fraction of sp³-hybridized carbons (Fsp3) is 0.300. The maximum Gasteiger partial charge on any atom is 0.417 e. The number of para-hydroxylation sites is 1. The molecule has 0 bridgehead atoms. The number of aromatic nitrogens is 5. The van der Waals surface area contributed by atoms with Crippen LogP contribution < -0.4 is 9.64 Å². The number of aromatic amines is 1. The van der Waals surface area contributed by atoms with Crippen LogP contribution in [0, 0.1) is 5.82 Å². The van der Waals surface area contributed by atoms with E-state index in [2.05, 4.69) is 41.2 Å². The van der Waals surface area contributed by atoms with Gasteiger partial charge in [-0.05, 0) is 42.2 Å². The number of nitrogens with one attached hydrogen (secondary N) is 1. The second-order valence-corrected chi connectivity index (χ2v) is 9.99. The number of alkyl halides is 3. The fourth-order valence-electron chi connectivity index (χ4n) is 5.69. The van der Waals surface area contributed by atoms with Gasteiger partial charge < -0.3 is 9.64 Å². The van der Waals surface area contributed by atoms with Gasteiger partial charge in [-0.25, -0.2) is 14.1 Å². The molecule has 212 valence electrons. The molecule has 0 saturated heterocycles. The first-order valence-corrected chi connectivity index (χ1v) is 13.4. The van der Waals surface area contributed by atoms with Crippen molar-refractivity contribution in [2.45, 2.75) is 45.8 Å². The number of aryl methyl sites for hydroxylation is 2. The lowest BCUT2D eigenvalue weighted by molar-refractivity contribution is -0.138. The number of hydrogen-bond acceptors (Lipinski definition) is 5. The van der Waals surface area contributed by atoms with Crippen molar-refractivity contribution in [1.29, 1.82) is 0 Å². The molecule has 1 aliphatic heterocycles. The van der Waals surface area contributed by atoms with Crippen molar-refractivity contribution in [2.75, 3.05) is 18.6 Å². The minimum absolute atomic E-state index is 0.117. The fourth-order valence-corrected chi connectivity index (χ4v) is 5.69. The van der Waals surface area contributed by atoms with Gasteiger partial charge in [0.2, 0.25) is 0 Å². The maximum atomic E-state index is 15.0. The van der Waals surface area contributed by atoms with Gasteiger partial charge in [0.15, 0.2) is 11.6 Å². The minimum atomic E-state index is -4.68. The number of rotatable bonds is 6. The molecule has 0 spiro atoms. The first-order chi connectivity index (χ1) is 19.7. The first-order valence-electron chi connectivity index (χ1n) is 13.4. The van der Waals surface area contributed by atoms with Gasteiger partial charge in [-0.2, -0.15) is 23.4 Å². The summed E-state index contributed by atoms with van der Waals surface area (Å²) in [6.45, 7) is 4.78. The summed E-state index contributed by atoms with van der Waals surface area (Å²) in [4.78, 5) is 5.58. The van der Waals surface area contributed by atoms with E-state index in [9.17, 15) is 13.2 Å². The van der Waals surface area contributed by atoms with Crippen LogP contribution in [-0.2, 0) is 32.0 Å². The van der Waals surface area contributed by atoms with Crippen LogP contribution >= 0.6 is 0 Å². The van der Waals surface area contributed by atoms with E-state index in [1.165, 1.54) is 0 Å². The highest BCUT2D eigenvalue weighted by atomic mass is 19.4. The van der Waals surface area contributed by atoms with E-state index in [1.54, 1.807) is 18.2 Å². The topological polar surface area (TPSA) is 71.9 Å². The lowest BCUT2D eigenvalue weighted by atomic mass is 9.97. The lowest BCUT2D eigenvalue weighted by Crippen LogP contribution is -2.32. The van der Waals surface area contributed by atoms with Crippen LogP contribution in [0.3, 0.4) is 0 Å². The normalized spacial score (nSPS) is 13.6. The van der Waals surface area contributed by atoms with Gasteiger partial charge in [-0.3, -0.25) is 5.10 Å². The standard InChI is InChI=1S/C30H28F4N6O/c1-4-17-7-6-8-18(5-2)27(17)40-28(20-9-10-25(41-3)26-21(20)15-36-37-26)22-16-39(12-11-24(22)38-40)29-23(31)13-19(14-35-29)30(32,33)34/h6-10,13-15H,4-5,11-12,16H2,1-3H3,(H,36,37). The molecule has 0 aliphatic carbocycles. The molecule has 1 N–H and O–H groups in total. The zero-order valence-electron chi connectivity index (χ0n) is 22.8. The number of hydrogen-bond donors (Lipinski definition) is 1. The number of H-pyrrole nitrogens is 1. The van der Waals surface area contributed by atoms with Crippen LogP contribution in [0.2, 0.25) is 0 Å². The Morgan fingerprint density at radius 3 is 2.46 bits per heavy atom. The molecular formula is C30H28F4N6O. The molecule has 0 fully saturated rings. The number of methoxy groups -OCH3 is 1. The summed E-state index contributed by atoms with van der Waals surface area (Å²) in [5.41, 5.74) is 6.27. The van der Waals surface area contributed by atoms with Crippen molar-refractivity contribution in [2.24, 2.45) is 0 Å². The van der Waals surface area contributed by atoms with Gasteiger partial charge in [0.1, 0.15) is 11.3 Å². The zero-order valence-corrected chi connectivity index (χ0v) is 22.8. The van der Waals surface area contributed by atoms with Crippen molar-refractivity contribution >= 4 is 16.7 Å². The lowest BCUT2D eigenvalue weighted by Gasteiger charge is -2.28. The predicted molar refractivity (Wildman–Crippen MR) is 148 cm³/mol. The van der Waals surface area contributed by atoms with E-state index in [4.69, 9.17) is 9.84 Å². The average molecular weight is 565 g/mol. The van der Waals surface area contributed by atoms with Crippen LogP contribution in [0.25, 0.3) is 27.8 Å². The first kappa shape index (κ1) is 26.8. The molecule has 6 rings (SSSR count). The number of pyridine rings is 1. The Kier molecular flexibility index (Phi) is 6.67. The Morgan fingerprint density at radius 1 is 1.05 bits per heavy atom. The van der Waals surface area contributed by atoms with Gasteiger partial charge in [0.25, 0.3) is 0 Å². The van der Waals surface area contributed by atoms with E-state index < -0.39 is 17.6 Å². The number of fused-ring (bicyclic) bond motifs is 2. The zero-order chi connectivity index (χ0) is 28.9. The third-order valence-corrected chi connectivity index (χ3v) is 7.71. The van der Waals surface area contributed by atoms with E-state index >= 15 is 4.39 Å². The van der Waals surface area contributed by atoms with E-state index in [-0.39, 0.29) is 12.4 Å². The molecule has 1 aliphatic rings. The second-order valence-electron chi connectivity index (χ2n) is 9.99. The molecule has 0 unspecified atom stereocenters. The van der Waals surface area contributed by atoms with E-state index in [1.807, 2.05) is 22.9 Å². The Labute approximate surface area is 233 Å². The summed E-state index contributed by atoms with van der Waals surface area (Å²) in [7, 11) is 1.59. The highest BCUT2D eigenvalue weighted by Gasteiger charge is 2.34. The average Bonchev–Trinajstić information content (AvgIpc) is 3.61. The van der Waals surface area contributed by atoms with Gasteiger partial charge in [0, 0.05) is 42.2 Å². The molecule has 41 heavy (non-hydrogen) atoms. The number of nitrogens with zero attached hydrogens (tertiary/aromatic N) is 5. The quantitative estimate of drug-likeness (QED) is 0.234. The van der Waals surface area contributed by atoms with Crippen LogP contribution in [0.1, 0.15) is 41.8 Å². The Hall–Kier alpha value is -4.41. The number of benzene rings is 2. The Bertz CT molecular complexity index is 1730. The summed E-state index contributed by atoms with van der Waals surface area (Å²) < 4.78 is 62.1. The molecule has 0 saturated carbocycles. The van der Waals surface area contributed by atoms with Gasteiger partial charge in [-0.15, -0.1) is 0 Å². The minimum Gasteiger partial charge on any atom is -0.494 e. The summed E-state index contributed by atoms with van der Waals surface area (Å²) in [5, 5.41) is 13.2. The van der Waals surface area contributed by atoms with Crippen LogP contribution in [0.15, 0.2) is 48.8 Å². The van der Waals surface area contributed by atoms with Crippen molar-refractivity contribution < 1.29 is 22.3 Å². The molecule has 0 atom stereocenters. The number of halogens is 4. The molecule has 7 nitrogen and oxygen atoms in total. The Morgan fingerprint density at radius 2 is 1.80 bits per heavy atom. The molecule has 2 aromatic carbocycles. The van der Waals surface area contributed by atoms with Gasteiger partial charge in [0.05, 0.1) is 35.9 Å². The molecule has 3 aromatic heterocycles. The van der Waals surface area contributed by atoms with Gasteiger partial charge >= 0.3 is 6.18 Å². The molecule has 11 heteroatoms. The smallest absolute Gasteiger partial charge is 0.417 e. The van der Waals surface area contributed by atoms with Crippen LogP contribution in [-0.4, -0.2) is 38.6 Å². The summed E-state index contributed by atoms with van der Waals surface area (Å²) in [6, 6.07) is 10.6. The largest absolute Gasteiger partial charge is 0.494 e. The van der Waals surface area contributed by atoms with E-state index in [0.717, 1.165) is 63.1 Å². The maximum absolute atomic E-state index is 15.0. The van der Waals surface area contributed by atoms with Gasteiger partial charge in [-0.1, -0.05) is 32.0 Å². The third-order valence-electron chi connectivity index (χ3n) is 7.71.